The Morgan fingerprint density at radius 3 is 2.48 bits per heavy atom. The van der Waals surface area contributed by atoms with E-state index in [1.807, 2.05) is 6.07 Å². The fourth-order valence-electron chi connectivity index (χ4n) is 3.06. The van der Waals surface area contributed by atoms with Gasteiger partial charge in [-0.2, -0.15) is 9.83 Å². The fraction of sp³-hybridized carbons (Fsp3) is 0.176. The monoisotopic (exact) mass is 337 g/mol. The Morgan fingerprint density at radius 1 is 1.12 bits per heavy atom. The standard InChI is InChI=1S/C17H12N4O4/c18-10-13-14(11-5-4-6-12(9-11)21(24)25)15(17(23)19-16(13)22)20-7-2-1-3-8-20/h1-9,13-15H/p+1/t13-,14+,15+/m0/s1. The van der Waals surface area contributed by atoms with Crippen LogP contribution in [-0.4, -0.2) is 16.7 Å². The average molecular weight is 337 g/mol. The molecule has 2 amide bonds. The number of non-ortho nitro benzene ring substituents is 1. The number of piperidine rings is 1. The van der Waals surface area contributed by atoms with Crippen LogP contribution in [0.3, 0.4) is 0 Å². The largest absolute Gasteiger partial charge is 0.296 e. The normalized spacial score (nSPS) is 22.8. The molecule has 1 N–H and O–H groups in total. The van der Waals surface area contributed by atoms with Gasteiger partial charge in [-0.25, -0.2) is 0 Å². The minimum absolute atomic E-state index is 0.163. The zero-order valence-electron chi connectivity index (χ0n) is 12.9. The van der Waals surface area contributed by atoms with Gasteiger partial charge in [0.1, 0.15) is 5.92 Å². The first-order valence-corrected chi connectivity index (χ1v) is 7.47. The van der Waals surface area contributed by atoms with Gasteiger partial charge < -0.3 is 0 Å². The summed E-state index contributed by atoms with van der Waals surface area (Å²) in [5, 5.41) is 22.7. The van der Waals surface area contributed by atoms with Crippen LogP contribution >= 0.6 is 0 Å². The van der Waals surface area contributed by atoms with Crippen molar-refractivity contribution in [3.05, 3.63) is 70.5 Å². The van der Waals surface area contributed by atoms with Gasteiger partial charge in [-0.3, -0.25) is 25.0 Å². The molecular weight excluding hydrogens is 324 g/mol. The van der Waals surface area contributed by atoms with Crippen LogP contribution < -0.4 is 9.88 Å². The molecule has 0 saturated carbocycles. The quantitative estimate of drug-likeness (QED) is 0.388. The average Bonchev–Trinajstić information content (AvgIpc) is 2.62. The lowest BCUT2D eigenvalue weighted by atomic mass is 9.77. The van der Waals surface area contributed by atoms with Gasteiger partial charge in [0.05, 0.1) is 16.9 Å². The van der Waals surface area contributed by atoms with Gasteiger partial charge in [0.15, 0.2) is 12.4 Å². The topological polar surface area (TPSA) is 117 Å². The Kier molecular flexibility index (Phi) is 4.22. The van der Waals surface area contributed by atoms with Crippen LogP contribution in [0.5, 0.6) is 0 Å². The van der Waals surface area contributed by atoms with Crippen molar-refractivity contribution in [1.29, 1.82) is 5.26 Å². The number of nitriles is 1. The number of carbonyl (C=O) groups is 2. The van der Waals surface area contributed by atoms with Gasteiger partial charge in [-0.05, 0) is 5.56 Å². The summed E-state index contributed by atoms with van der Waals surface area (Å²) < 4.78 is 1.59. The molecule has 1 aliphatic rings. The molecule has 8 heteroatoms. The summed E-state index contributed by atoms with van der Waals surface area (Å²) in [7, 11) is 0. The molecule has 8 nitrogen and oxygen atoms in total. The van der Waals surface area contributed by atoms with E-state index in [0.29, 0.717) is 5.56 Å². The molecule has 0 bridgehead atoms. The molecule has 2 heterocycles. The SMILES string of the molecule is N#C[C@@H]1C(=O)NC(=O)[C@H]([n+]2ccccc2)[C@@H]1c1cccc([N+](=O)[O-])c1. The molecule has 1 aliphatic heterocycles. The number of nitrogens with zero attached hydrogens (tertiary/aromatic N) is 3. The van der Waals surface area contributed by atoms with Gasteiger partial charge in [-0.15, -0.1) is 0 Å². The first-order valence-electron chi connectivity index (χ1n) is 7.47. The lowest BCUT2D eigenvalue weighted by molar-refractivity contribution is -0.713. The summed E-state index contributed by atoms with van der Waals surface area (Å²) in [5.41, 5.74) is 0.231. The Morgan fingerprint density at radius 2 is 1.84 bits per heavy atom. The van der Waals surface area contributed by atoms with Crippen LogP contribution in [0.15, 0.2) is 54.9 Å². The molecule has 0 aliphatic carbocycles. The lowest BCUT2D eigenvalue weighted by Gasteiger charge is -2.29. The first kappa shape index (κ1) is 16.3. The van der Waals surface area contributed by atoms with Crippen molar-refractivity contribution in [2.75, 3.05) is 0 Å². The predicted octanol–water partition coefficient (Wildman–Crippen LogP) is 1.00. The van der Waals surface area contributed by atoms with Crippen molar-refractivity contribution in [3.8, 4) is 6.07 Å². The van der Waals surface area contributed by atoms with Gasteiger partial charge in [0, 0.05) is 24.3 Å². The molecule has 3 atom stereocenters. The van der Waals surface area contributed by atoms with Gasteiger partial charge >= 0.3 is 0 Å². The van der Waals surface area contributed by atoms with Gasteiger partial charge in [-0.1, -0.05) is 18.2 Å². The number of hydrogen-bond donors (Lipinski definition) is 1. The minimum Gasteiger partial charge on any atom is -0.289 e. The highest BCUT2D eigenvalue weighted by Crippen LogP contribution is 2.37. The second-order valence-corrected chi connectivity index (χ2v) is 5.61. The van der Waals surface area contributed by atoms with E-state index in [1.165, 1.54) is 18.2 Å². The van der Waals surface area contributed by atoms with Crippen molar-refractivity contribution in [2.24, 2.45) is 5.92 Å². The van der Waals surface area contributed by atoms with E-state index < -0.39 is 34.6 Å². The zero-order chi connectivity index (χ0) is 18.0. The highest BCUT2D eigenvalue weighted by atomic mass is 16.6. The third-order valence-electron chi connectivity index (χ3n) is 4.16. The third kappa shape index (κ3) is 2.95. The van der Waals surface area contributed by atoms with Crippen molar-refractivity contribution < 1.29 is 19.1 Å². The number of nitro groups is 1. The molecule has 1 saturated heterocycles. The van der Waals surface area contributed by atoms with Crippen molar-refractivity contribution in [3.63, 3.8) is 0 Å². The third-order valence-corrected chi connectivity index (χ3v) is 4.16. The molecule has 1 aromatic heterocycles. The van der Waals surface area contributed by atoms with E-state index in [2.05, 4.69) is 5.32 Å². The van der Waals surface area contributed by atoms with Crippen LogP contribution in [-0.2, 0) is 9.59 Å². The number of rotatable bonds is 3. The molecule has 1 aromatic carbocycles. The summed E-state index contributed by atoms with van der Waals surface area (Å²) in [6.07, 6.45) is 3.30. The van der Waals surface area contributed by atoms with Crippen LogP contribution in [0.25, 0.3) is 0 Å². The summed E-state index contributed by atoms with van der Waals surface area (Å²) in [5.74, 6) is -3.23. The Bertz CT molecular complexity index is 891. The van der Waals surface area contributed by atoms with E-state index in [4.69, 9.17) is 0 Å². The number of carbonyl (C=O) groups excluding carboxylic acids is 2. The number of amides is 2. The molecule has 25 heavy (non-hydrogen) atoms. The molecule has 124 valence electrons. The Labute approximate surface area is 142 Å². The second-order valence-electron chi connectivity index (χ2n) is 5.61. The molecule has 2 aromatic rings. The maximum Gasteiger partial charge on any atom is 0.296 e. The molecular formula is C17H13N4O4+. The fourth-order valence-corrected chi connectivity index (χ4v) is 3.06. The van der Waals surface area contributed by atoms with Gasteiger partial charge in [0.2, 0.25) is 11.9 Å². The highest BCUT2D eigenvalue weighted by Gasteiger charge is 2.50. The number of imide groups is 1. The van der Waals surface area contributed by atoms with Crippen LogP contribution in [0.1, 0.15) is 17.5 Å². The maximum atomic E-state index is 12.5. The molecule has 1 fully saturated rings. The number of pyridine rings is 1. The summed E-state index contributed by atoms with van der Waals surface area (Å²) >= 11 is 0. The van der Waals surface area contributed by atoms with Crippen molar-refractivity contribution in [1.82, 2.24) is 5.32 Å². The molecule has 0 spiro atoms. The zero-order valence-corrected chi connectivity index (χ0v) is 12.9. The van der Waals surface area contributed by atoms with Crippen LogP contribution in [0, 0.1) is 27.4 Å². The number of benzene rings is 1. The predicted molar refractivity (Wildman–Crippen MR) is 83.8 cm³/mol. The number of nitro benzene ring substituents is 1. The number of aromatic nitrogens is 1. The van der Waals surface area contributed by atoms with E-state index in [0.717, 1.165) is 0 Å². The smallest absolute Gasteiger partial charge is 0.289 e. The van der Waals surface area contributed by atoms with Crippen LogP contribution in [0.2, 0.25) is 0 Å². The van der Waals surface area contributed by atoms with E-state index >= 15 is 0 Å². The van der Waals surface area contributed by atoms with Crippen LogP contribution in [0.4, 0.5) is 5.69 Å². The minimum atomic E-state index is -1.14. The summed E-state index contributed by atoms with van der Waals surface area (Å²) in [6.45, 7) is 0. The van der Waals surface area contributed by atoms with Gasteiger partial charge in [0.25, 0.3) is 11.6 Å². The lowest BCUT2D eigenvalue weighted by Crippen LogP contribution is -2.59. The van der Waals surface area contributed by atoms with E-state index in [-0.39, 0.29) is 5.69 Å². The summed E-state index contributed by atoms with van der Waals surface area (Å²) in [6, 6.07) is 11.9. The van der Waals surface area contributed by atoms with E-state index in [1.54, 1.807) is 41.2 Å². The first-order chi connectivity index (χ1) is 12.0. The molecule has 0 unspecified atom stereocenters. The summed E-state index contributed by atoms with van der Waals surface area (Å²) in [4.78, 5) is 35.1. The second kappa shape index (κ2) is 6.49. The number of nitrogens with one attached hydrogen (secondary N) is 1. The number of hydrogen-bond acceptors (Lipinski definition) is 5. The van der Waals surface area contributed by atoms with Crippen molar-refractivity contribution >= 4 is 17.5 Å². The molecule has 0 radical (unpaired) electrons. The van der Waals surface area contributed by atoms with E-state index in [9.17, 15) is 25.0 Å². The Hall–Kier alpha value is -3.60. The maximum absolute atomic E-state index is 12.5. The highest BCUT2D eigenvalue weighted by molar-refractivity contribution is 6.02. The Balaban J connectivity index is 2.16. The molecule has 3 rings (SSSR count). The van der Waals surface area contributed by atoms with Crippen molar-refractivity contribution in [2.45, 2.75) is 12.0 Å².